The maximum Gasteiger partial charge on any atom is 0.472 e. The van der Waals surface area contributed by atoms with Gasteiger partial charge in [-0.1, -0.05) is 169 Å². The molecule has 0 aliphatic rings. The van der Waals surface area contributed by atoms with Gasteiger partial charge in [-0.15, -0.1) is 0 Å². The number of aliphatic hydroxyl groups is 1. The molecule has 0 amide bonds. The summed E-state index contributed by atoms with van der Waals surface area (Å²) in [5.41, 5.74) is 0. The third-order valence-electron chi connectivity index (χ3n) is 9.34. The lowest BCUT2D eigenvalue weighted by atomic mass is 10.0. The van der Waals surface area contributed by atoms with Gasteiger partial charge in [-0.2, -0.15) is 0 Å². The minimum absolute atomic E-state index is 0.138. The molecular formula is C40H80O13P2. The number of phosphoric acid groups is 2. The van der Waals surface area contributed by atoms with Crippen LogP contribution < -0.4 is 0 Å². The molecule has 0 aliphatic heterocycles. The first-order chi connectivity index (χ1) is 26.1. The van der Waals surface area contributed by atoms with Crippen molar-refractivity contribution in [2.45, 2.75) is 207 Å². The van der Waals surface area contributed by atoms with E-state index in [0.717, 1.165) is 50.4 Å². The quantitative estimate of drug-likeness (QED) is 0.0259. The van der Waals surface area contributed by atoms with Crippen LogP contribution in [0, 0.1) is 11.8 Å². The van der Waals surface area contributed by atoms with Crippen LogP contribution in [0.15, 0.2) is 0 Å². The summed E-state index contributed by atoms with van der Waals surface area (Å²) in [5.74, 6) is 0.520. The molecule has 0 aromatic rings. The molecule has 0 bridgehead atoms. The summed E-state index contributed by atoms with van der Waals surface area (Å²) >= 11 is 0. The second kappa shape index (κ2) is 35.1. The first-order valence-corrected chi connectivity index (χ1v) is 24.5. The van der Waals surface area contributed by atoms with Crippen LogP contribution in [-0.2, 0) is 41.8 Å². The fourth-order valence-electron chi connectivity index (χ4n) is 6.07. The third-order valence-corrected chi connectivity index (χ3v) is 10.8. The van der Waals surface area contributed by atoms with Crippen molar-refractivity contribution in [3.8, 4) is 0 Å². The van der Waals surface area contributed by atoms with Gasteiger partial charge in [0.05, 0.1) is 19.8 Å². The molecule has 0 saturated carbocycles. The molecule has 0 saturated heterocycles. The number of hydrogen-bond donors (Lipinski definition) is 4. The van der Waals surface area contributed by atoms with Crippen LogP contribution in [0.5, 0.6) is 0 Å². The van der Waals surface area contributed by atoms with Crippen molar-refractivity contribution in [3.05, 3.63) is 0 Å². The molecule has 0 aromatic carbocycles. The molecule has 4 N–H and O–H groups in total. The number of phosphoric ester groups is 2. The molecule has 13 nitrogen and oxygen atoms in total. The highest BCUT2D eigenvalue weighted by atomic mass is 31.2. The summed E-state index contributed by atoms with van der Waals surface area (Å²) in [5, 5.41) is 9.73. The van der Waals surface area contributed by atoms with Crippen LogP contribution >= 0.6 is 15.6 Å². The Morgan fingerprint density at radius 3 is 1.22 bits per heavy atom. The van der Waals surface area contributed by atoms with Gasteiger partial charge in [-0.25, -0.2) is 9.13 Å². The van der Waals surface area contributed by atoms with Crippen molar-refractivity contribution in [2.24, 2.45) is 11.8 Å². The molecular weight excluding hydrogens is 750 g/mol. The fourth-order valence-corrected chi connectivity index (χ4v) is 7.23. The molecule has 3 atom stereocenters. The monoisotopic (exact) mass is 831 g/mol. The number of esters is 2. The molecule has 0 spiro atoms. The Balaban J connectivity index is 4.44. The van der Waals surface area contributed by atoms with Gasteiger partial charge < -0.3 is 29.3 Å². The number of ether oxygens (including phenoxy) is 2. The van der Waals surface area contributed by atoms with E-state index in [2.05, 4.69) is 36.7 Å². The highest BCUT2D eigenvalue weighted by molar-refractivity contribution is 7.47. The highest BCUT2D eigenvalue weighted by Crippen LogP contribution is 2.43. The van der Waals surface area contributed by atoms with Crippen LogP contribution in [0.3, 0.4) is 0 Å². The second-order valence-corrected chi connectivity index (χ2v) is 18.6. The molecule has 0 heterocycles. The summed E-state index contributed by atoms with van der Waals surface area (Å²) in [4.78, 5) is 52.6. The zero-order chi connectivity index (χ0) is 41.2. The molecule has 0 rings (SSSR count). The van der Waals surface area contributed by atoms with Crippen LogP contribution in [0.2, 0.25) is 0 Å². The Morgan fingerprint density at radius 1 is 0.473 bits per heavy atom. The van der Waals surface area contributed by atoms with Crippen molar-refractivity contribution in [2.75, 3.05) is 26.4 Å². The highest BCUT2D eigenvalue weighted by Gasteiger charge is 2.28. The first kappa shape index (κ1) is 54.1. The van der Waals surface area contributed by atoms with Gasteiger partial charge in [0.15, 0.2) is 6.10 Å². The van der Waals surface area contributed by atoms with Gasteiger partial charge in [0.2, 0.25) is 0 Å². The maximum atomic E-state index is 12.6. The van der Waals surface area contributed by atoms with Gasteiger partial charge >= 0.3 is 27.6 Å². The number of aliphatic hydroxyl groups excluding tert-OH is 1. The first-order valence-electron chi connectivity index (χ1n) is 21.4. The number of hydrogen-bond acceptors (Lipinski definition) is 10. The second-order valence-electron chi connectivity index (χ2n) is 15.9. The van der Waals surface area contributed by atoms with E-state index >= 15 is 0 Å². The number of carbonyl (C=O) groups excluding carboxylic acids is 2. The molecule has 0 radical (unpaired) electrons. The molecule has 0 aliphatic carbocycles. The normalized spacial score (nSPS) is 14.3. The Morgan fingerprint density at radius 2 is 0.818 bits per heavy atom. The number of unbranched alkanes of at least 4 members (excludes halogenated alkanes) is 20. The smallest absolute Gasteiger partial charge is 0.462 e. The van der Waals surface area contributed by atoms with Gasteiger partial charge in [0, 0.05) is 12.8 Å². The molecule has 55 heavy (non-hydrogen) atoms. The van der Waals surface area contributed by atoms with Crippen molar-refractivity contribution >= 4 is 27.6 Å². The predicted octanol–water partition coefficient (Wildman–Crippen LogP) is 10.5. The maximum absolute atomic E-state index is 12.6. The van der Waals surface area contributed by atoms with Gasteiger partial charge in [-0.3, -0.25) is 23.2 Å². The molecule has 328 valence electrons. The van der Waals surface area contributed by atoms with Crippen LogP contribution in [0.1, 0.15) is 195 Å². The standard InChI is InChI=1S/C40H80O13P2/c1-35(2)27-23-19-15-12-10-8-6-5-7-9-11-13-17-22-26-30-40(43)53-38(34-52-55(47,48)51-32-37(41)31-50-54(44,45)46)33-49-39(42)29-25-21-18-14-16-20-24-28-36(3)4/h35-38,41H,5-34H2,1-4H3,(H,47,48)(H2,44,45,46)/t37-,38+/m0/s1. The lowest BCUT2D eigenvalue weighted by Gasteiger charge is -2.20. The third kappa shape index (κ3) is 41.1. The minimum Gasteiger partial charge on any atom is -0.462 e. The molecule has 1 unspecified atom stereocenters. The van der Waals surface area contributed by atoms with Crippen molar-refractivity contribution in [1.82, 2.24) is 0 Å². The van der Waals surface area contributed by atoms with E-state index in [0.29, 0.717) is 12.8 Å². The van der Waals surface area contributed by atoms with Gasteiger partial charge in [0.25, 0.3) is 0 Å². The topological polar surface area (TPSA) is 195 Å². The lowest BCUT2D eigenvalue weighted by molar-refractivity contribution is -0.161. The Bertz CT molecular complexity index is 1020. The summed E-state index contributed by atoms with van der Waals surface area (Å²) in [6.07, 6.45) is 25.6. The van der Waals surface area contributed by atoms with E-state index in [1.165, 1.54) is 103 Å². The number of rotatable bonds is 40. The largest absolute Gasteiger partial charge is 0.472 e. The fraction of sp³-hybridized carbons (Fsp3) is 0.950. The van der Waals surface area contributed by atoms with E-state index in [4.69, 9.17) is 23.8 Å². The van der Waals surface area contributed by atoms with Crippen LogP contribution in [0.25, 0.3) is 0 Å². The zero-order valence-electron chi connectivity index (χ0n) is 34.9. The SMILES string of the molecule is CC(C)CCCCCCCCCCCCCCCCCC(=O)O[C@H](COC(=O)CCCCCCCCCC(C)C)COP(=O)(O)OC[C@@H](O)COP(=O)(O)O. The van der Waals surface area contributed by atoms with Crippen LogP contribution in [-0.4, -0.2) is 70.4 Å². The average molecular weight is 831 g/mol. The Labute approximate surface area is 333 Å². The van der Waals surface area contributed by atoms with E-state index in [9.17, 15) is 28.7 Å². The van der Waals surface area contributed by atoms with Crippen LogP contribution in [0.4, 0.5) is 0 Å². The van der Waals surface area contributed by atoms with E-state index < -0.39 is 59.6 Å². The minimum atomic E-state index is -4.86. The summed E-state index contributed by atoms with van der Waals surface area (Å²) in [7, 11) is -9.65. The number of carbonyl (C=O) groups is 2. The van der Waals surface area contributed by atoms with Crippen molar-refractivity contribution < 1.29 is 61.6 Å². The Kier molecular flexibility index (Phi) is 34.5. The zero-order valence-corrected chi connectivity index (χ0v) is 36.7. The summed E-state index contributed by atoms with van der Waals surface area (Å²) in [6.45, 7) is 6.36. The van der Waals surface area contributed by atoms with E-state index in [-0.39, 0.29) is 19.4 Å². The van der Waals surface area contributed by atoms with Crippen molar-refractivity contribution in [1.29, 1.82) is 0 Å². The van der Waals surface area contributed by atoms with E-state index in [1.807, 2.05) is 0 Å². The van der Waals surface area contributed by atoms with Crippen molar-refractivity contribution in [3.63, 3.8) is 0 Å². The lowest BCUT2D eigenvalue weighted by Crippen LogP contribution is -2.30. The summed E-state index contributed by atoms with van der Waals surface area (Å²) in [6, 6.07) is 0. The average Bonchev–Trinajstić information content (AvgIpc) is 3.11. The van der Waals surface area contributed by atoms with Gasteiger partial charge in [-0.05, 0) is 24.7 Å². The summed E-state index contributed by atoms with van der Waals surface area (Å²) < 4.78 is 47.7. The molecule has 0 aromatic heterocycles. The van der Waals surface area contributed by atoms with E-state index in [1.54, 1.807) is 0 Å². The predicted molar refractivity (Wildman–Crippen MR) is 216 cm³/mol. The molecule has 15 heteroatoms. The molecule has 0 fully saturated rings. The Hall–Kier alpha value is -0.880. The van der Waals surface area contributed by atoms with Gasteiger partial charge in [0.1, 0.15) is 12.7 Å².